The van der Waals surface area contributed by atoms with E-state index in [0.29, 0.717) is 30.1 Å². The Kier molecular flexibility index (Phi) is 8.76. The number of methoxy groups -OCH3 is 1. The summed E-state index contributed by atoms with van der Waals surface area (Å²) in [6.45, 7) is 2.13. The summed E-state index contributed by atoms with van der Waals surface area (Å²) in [5.41, 5.74) is 1.79. The third-order valence-corrected chi connectivity index (χ3v) is 6.49. The molecule has 4 rings (SSSR count). The summed E-state index contributed by atoms with van der Waals surface area (Å²) in [7, 11) is 1.70. The third kappa shape index (κ3) is 6.60. The summed E-state index contributed by atoms with van der Waals surface area (Å²) >= 11 is 0. The number of halogens is 4. The van der Waals surface area contributed by atoms with E-state index in [1.54, 1.807) is 19.2 Å². The molecule has 0 unspecified atom stereocenters. The van der Waals surface area contributed by atoms with Crippen molar-refractivity contribution < 1.29 is 31.8 Å². The fraction of sp³-hybridized carbons (Fsp3) is 0.429. The number of hydrogen-bond acceptors (Lipinski definition) is 3. The second-order valence-corrected chi connectivity index (χ2v) is 9.10. The van der Waals surface area contributed by atoms with Gasteiger partial charge in [0, 0.05) is 31.4 Å². The maximum Gasteiger partial charge on any atom is 0.194 e. The van der Waals surface area contributed by atoms with Gasteiger partial charge < -0.3 is 14.2 Å². The van der Waals surface area contributed by atoms with Gasteiger partial charge >= 0.3 is 0 Å². The molecule has 3 aromatic carbocycles. The van der Waals surface area contributed by atoms with E-state index in [1.807, 2.05) is 18.2 Å². The number of benzene rings is 3. The lowest BCUT2D eigenvalue weighted by molar-refractivity contribution is -0.203. The van der Waals surface area contributed by atoms with Gasteiger partial charge in [0.05, 0.1) is 13.2 Å². The quantitative estimate of drug-likeness (QED) is 0.184. The first-order chi connectivity index (χ1) is 16.9. The third-order valence-electron chi connectivity index (χ3n) is 6.49. The van der Waals surface area contributed by atoms with Gasteiger partial charge in [-0.3, -0.25) is 0 Å². The summed E-state index contributed by atoms with van der Waals surface area (Å²) in [6, 6.07) is 11.1. The summed E-state index contributed by atoms with van der Waals surface area (Å²) in [5.74, 6) is -3.92. The van der Waals surface area contributed by atoms with Crippen LogP contribution >= 0.6 is 0 Å². The van der Waals surface area contributed by atoms with Gasteiger partial charge in [0.15, 0.2) is 23.7 Å². The Morgan fingerprint density at radius 2 is 1.54 bits per heavy atom. The van der Waals surface area contributed by atoms with Crippen molar-refractivity contribution in [3.8, 4) is 0 Å². The summed E-state index contributed by atoms with van der Waals surface area (Å²) < 4.78 is 71.9. The molecule has 0 amide bonds. The van der Waals surface area contributed by atoms with Crippen molar-refractivity contribution in [2.45, 2.75) is 44.8 Å². The van der Waals surface area contributed by atoms with Crippen molar-refractivity contribution in [1.82, 2.24) is 0 Å². The number of ether oxygens (including phenoxy) is 3. The Labute approximate surface area is 203 Å². The predicted molar refractivity (Wildman–Crippen MR) is 126 cm³/mol. The molecule has 1 saturated heterocycles. The van der Waals surface area contributed by atoms with E-state index in [4.69, 9.17) is 14.2 Å². The average molecular weight is 491 g/mol. The van der Waals surface area contributed by atoms with Crippen LogP contribution in [-0.2, 0) is 33.5 Å². The fourth-order valence-corrected chi connectivity index (χ4v) is 4.48. The number of aryl methyl sites for hydroxylation is 3. The largest absolute Gasteiger partial charge is 0.385 e. The monoisotopic (exact) mass is 490 g/mol. The number of hydrogen-bond donors (Lipinski definition) is 0. The molecule has 1 aliphatic rings. The van der Waals surface area contributed by atoms with Crippen LogP contribution in [0.5, 0.6) is 0 Å². The molecule has 1 aliphatic heterocycles. The molecule has 188 valence electrons. The molecule has 7 heteroatoms. The van der Waals surface area contributed by atoms with Gasteiger partial charge in [0.1, 0.15) is 5.82 Å². The zero-order chi connectivity index (χ0) is 24.8. The van der Waals surface area contributed by atoms with E-state index in [9.17, 15) is 13.2 Å². The Balaban J connectivity index is 1.32. The van der Waals surface area contributed by atoms with Crippen molar-refractivity contribution in [1.29, 1.82) is 0 Å². The number of rotatable bonds is 10. The molecule has 0 atom stereocenters. The molecule has 0 radical (unpaired) electrons. The van der Waals surface area contributed by atoms with Crippen LogP contribution in [0.25, 0.3) is 10.8 Å². The molecule has 3 nitrogen and oxygen atoms in total. The van der Waals surface area contributed by atoms with Gasteiger partial charge in [-0.25, -0.2) is 17.6 Å². The lowest BCUT2D eigenvalue weighted by Crippen LogP contribution is -2.32. The highest BCUT2D eigenvalue weighted by molar-refractivity contribution is 5.84. The molecule has 0 aromatic heterocycles. The highest BCUT2D eigenvalue weighted by Crippen LogP contribution is 2.26. The predicted octanol–water partition coefficient (Wildman–Crippen LogP) is 6.53. The molecule has 0 saturated carbocycles. The van der Waals surface area contributed by atoms with Crippen LogP contribution in [-0.4, -0.2) is 33.2 Å². The second-order valence-electron chi connectivity index (χ2n) is 9.10. The van der Waals surface area contributed by atoms with Gasteiger partial charge in [-0.05, 0) is 66.3 Å². The maximum atomic E-state index is 15.1. The second kappa shape index (κ2) is 12.0. The average Bonchev–Trinajstić information content (AvgIpc) is 2.86. The standard InChI is InChI=1S/C28H30F4O3/c1-33-12-2-3-20-16-34-26(35-17-20)11-6-18-5-10-23-22(13-18)9-8-21(27(23)31)7-4-19-14-24(29)28(32)25(30)15-19/h5,8-10,13-15,20,26H,2-4,6-7,11-12,16-17H2,1H3. The van der Waals surface area contributed by atoms with Crippen LogP contribution < -0.4 is 0 Å². The molecular weight excluding hydrogens is 460 g/mol. The SMILES string of the molecule is COCCCC1COC(CCc2ccc3c(F)c(CCc4cc(F)c(F)c(F)c4)ccc3c2)OC1. The van der Waals surface area contributed by atoms with E-state index in [0.717, 1.165) is 55.4 Å². The lowest BCUT2D eigenvalue weighted by Gasteiger charge is -2.29. The summed E-state index contributed by atoms with van der Waals surface area (Å²) in [5, 5.41) is 1.28. The molecule has 3 aromatic rings. The van der Waals surface area contributed by atoms with Gasteiger partial charge in [0.25, 0.3) is 0 Å². The minimum Gasteiger partial charge on any atom is -0.385 e. The van der Waals surface area contributed by atoms with Crippen LogP contribution in [0.3, 0.4) is 0 Å². The van der Waals surface area contributed by atoms with Crippen LogP contribution in [0.1, 0.15) is 36.0 Å². The van der Waals surface area contributed by atoms with Gasteiger partial charge in [0.2, 0.25) is 0 Å². The highest BCUT2D eigenvalue weighted by Gasteiger charge is 2.22. The minimum atomic E-state index is -1.50. The smallest absolute Gasteiger partial charge is 0.194 e. The Hall–Kier alpha value is -2.48. The summed E-state index contributed by atoms with van der Waals surface area (Å²) in [6.07, 6.45) is 3.71. The molecule has 1 fully saturated rings. The molecule has 0 aliphatic carbocycles. The first-order valence-corrected chi connectivity index (χ1v) is 12.0. The number of fused-ring (bicyclic) bond motifs is 1. The zero-order valence-corrected chi connectivity index (χ0v) is 19.8. The lowest BCUT2D eigenvalue weighted by atomic mass is 9.98. The van der Waals surface area contributed by atoms with Gasteiger partial charge in [-0.1, -0.05) is 30.3 Å². The zero-order valence-electron chi connectivity index (χ0n) is 19.8. The minimum absolute atomic E-state index is 0.198. The Bertz CT molecular complexity index is 1120. The summed E-state index contributed by atoms with van der Waals surface area (Å²) in [4.78, 5) is 0. The van der Waals surface area contributed by atoms with Crippen molar-refractivity contribution in [3.05, 3.63) is 82.4 Å². The van der Waals surface area contributed by atoms with Gasteiger partial charge in [-0.2, -0.15) is 0 Å². The fourth-order valence-electron chi connectivity index (χ4n) is 4.48. The first-order valence-electron chi connectivity index (χ1n) is 12.0. The van der Waals surface area contributed by atoms with Crippen LogP contribution in [0.2, 0.25) is 0 Å². The van der Waals surface area contributed by atoms with Crippen LogP contribution in [0, 0.1) is 29.2 Å². The Morgan fingerprint density at radius 1 is 0.800 bits per heavy atom. The maximum absolute atomic E-state index is 15.1. The topological polar surface area (TPSA) is 27.7 Å². The highest BCUT2D eigenvalue weighted by atomic mass is 19.2. The van der Waals surface area contributed by atoms with E-state index in [-0.39, 0.29) is 30.5 Å². The molecule has 0 spiro atoms. The normalized spacial score (nSPS) is 18.3. The molecule has 0 bridgehead atoms. The van der Waals surface area contributed by atoms with E-state index >= 15 is 4.39 Å². The molecule has 1 heterocycles. The van der Waals surface area contributed by atoms with Crippen molar-refractivity contribution in [3.63, 3.8) is 0 Å². The van der Waals surface area contributed by atoms with Crippen LogP contribution in [0.15, 0.2) is 42.5 Å². The van der Waals surface area contributed by atoms with E-state index in [2.05, 4.69) is 0 Å². The van der Waals surface area contributed by atoms with E-state index in [1.165, 1.54) is 0 Å². The van der Waals surface area contributed by atoms with Crippen molar-refractivity contribution in [2.75, 3.05) is 26.9 Å². The Morgan fingerprint density at radius 3 is 2.26 bits per heavy atom. The van der Waals surface area contributed by atoms with Crippen molar-refractivity contribution >= 4 is 10.8 Å². The van der Waals surface area contributed by atoms with Crippen molar-refractivity contribution in [2.24, 2.45) is 5.92 Å². The molecule has 35 heavy (non-hydrogen) atoms. The molecular formula is C28H30F4O3. The first kappa shape index (κ1) is 25.6. The van der Waals surface area contributed by atoms with E-state index < -0.39 is 17.5 Å². The van der Waals surface area contributed by atoms with Crippen LogP contribution in [0.4, 0.5) is 17.6 Å². The molecule has 0 N–H and O–H groups in total. The van der Waals surface area contributed by atoms with Gasteiger partial charge in [-0.15, -0.1) is 0 Å².